The monoisotopic (exact) mass is 374 g/mol. The highest BCUT2D eigenvalue weighted by atomic mass is 35.5. The molecule has 3 aromatic rings. The van der Waals surface area contributed by atoms with Crippen molar-refractivity contribution in [3.63, 3.8) is 0 Å². The molecule has 134 valence electrons. The standard InChI is InChI=1S/C19H15ClO6/c1-23-15-6-7-16-12(8-18(21)26-17(16)9-15)10-25-19(22)11-24-14-4-2-13(20)3-5-14/h2-9H,10-11H2,1H3. The SMILES string of the molecule is COc1ccc2c(COC(=O)COc3ccc(Cl)cc3)cc(=O)oc2c1. The van der Waals surface area contributed by atoms with E-state index in [2.05, 4.69) is 0 Å². The molecule has 0 saturated carbocycles. The number of carbonyl (C=O) groups is 1. The normalized spacial score (nSPS) is 10.5. The summed E-state index contributed by atoms with van der Waals surface area (Å²) in [6.45, 7) is -0.327. The van der Waals surface area contributed by atoms with Gasteiger partial charge in [-0.2, -0.15) is 0 Å². The van der Waals surface area contributed by atoms with Crippen LogP contribution >= 0.6 is 11.6 Å². The number of fused-ring (bicyclic) bond motifs is 1. The van der Waals surface area contributed by atoms with Crippen molar-refractivity contribution < 1.29 is 23.4 Å². The van der Waals surface area contributed by atoms with Crippen molar-refractivity contribution in [2.24, 2.45) is 0 Å². The summed E-state index contributed by atoms with van der Waals surface area (Å²) in [5, 5.41) is 1.24. The van der Waals surface area contributed by atoms with Gasteiger partial charge >= 0.3 is 11.6 Å². The van der Waals surface area contributed by atoms with Crippen molar-refractivity contribution in [1.29, 1.82) is 0 Å². The van der Waals surface area contributed by atoms with Gasteiger partial charge in [-0.15, -0.1) is 0 Å². The second-order valence-electron chi connectivity index (χ2n) is 5.36. The molecule has 0 N–H and O–H groups in total. The third-order valence-electron chi connectivity index (χ3n) is 3.60. The number of methoxy groups -OCH3 is 1. The number of halogens is 1. The Balaban J connectivity index is 1.66. The number of ether oxygens (including phenoxy) is 3. The largest absolute Gasteiger partial charge is 0.497 e. The summed E-state index contributed by atoms with van der Waals surface area (Å²) in [6.07, 6.45) is 0. The second-order valence-corrected chi connectivity index (χ2v) is 5.79. The molecule has 0 aliphatic rings. The van der Waals surface area contributed by atoms with Gasteiger partial charge in [0.1, 0.15) is 23.7 Å². The molecule has 26 heavy (non-hydrogen) atoms. The highest BCUT2D eigenvalue weighted by Crippen LogP contribution is 2.23. The molecule has 0 radical (unpaired) electrons. The van der Waals surface area contributed by atoms with E-state index in [4.69, 9.17) is 30.2 Å². The van der Waals surface area contributed by atoms with Gasteiger partial charge in [0.05, 0.1) is 7.11 Å². The summed E-state index contributed by atoms with van der Waals surface area (Å²) in [5.74, 6) is 0.505. The summed E-state index contributed by atoms with van der Waals surface area (Å²) in [6, 6.07) is 13.0. The number of benzene rings is 2. The van der Waals surface area contributed by atoms with Gasteiger partial charge in [0, 0.05) is 28.1 Å². The van der Waals surface area contributed by atoms with E-state index >= 15 is 0 Å². The first-order valence-corrected chi connectivity index (χ1v) is 8.08. The molecule has 0 fully saturated rings. The Hall–Kier alpha value is -2.99. The van der Waals surface area contributed by atoms with E-state index in [9.17, 15) is 9.59 Å². The molecule has 1 heterocycles. The molecular weight excluding hydrogens is 360 g/mol. The topological polar surface area (TPSA) is 75.0 Å². The highest BCUT2D eigenvalue weighted by molar-refractivity contribution is 6.30. The molecule has 3 rings (SSSR count). The van der Waals surface area contributed by atoms with Crippen LogP contribution in [0.25, 0.3) is 11.0 Å². The van der Waals surface area contributed by atoms with E-state index in [1.807, 2.05) is 0 Å². The lowest BCUT2D eigenvalue weighted by molar-refractivity contribution is -0.147. The third kappa shape index (κ3) is 4.34. The fourth-order valence-corrected chi connectivity index (χ4v) is 2.46. The first-order chi connectivity index (χ1) is 12.5. The van der Waals surface area contributed by atoms with Gasteiger partial charge < -0.3 is 18.6 Å². The van der Waals surface area contributed by atoms with E-state index in [0.29, 0.717) is 33.1 Å². The van der Waals surface area contributed by atoms with Crippen molar-refractivity contribution in [3.05, 3.63) is 69.5 Å². The number of rotatable bonds is 6. The van der Waals surface area contributed by atoms with Crippen LogP contribution in [0.15, 0.2) is 57.7 Å². The van der Waals surface area contributed by atoms with E-state index < -0.39 is 11.6 Å². The minimum Gasteiger partial charge on any atom is -0.497 e. The van der Waals surface area contributed by atoms with Crippen LogP contribution in [0.4, 0.5) is 0 Å². The lowest BCUT2D eigenvalue weighted by atomic mass is 10.1. The van der Waals surface area contributed by atoms with Crippen molar-refractivity contribution in [3.8, 4) is 11.5 Å². The fraction of sp³-hybridized carbons (Fsp3) is 0.158. The second kappa shape index (κ2) is 7.93. The number of hydrogen-bond donors (Lipinski definition) is 0. The molecule has 2 aromatic carbocycles. The summed E-state index contributed by atoms with van der Waals surface area (Å²) >= 11 is 5.78. The van der Waals surface area contributed by atoms with Crippen molar-refractivity contribution in [1.82, 2.24) is 0 Å². The van der Waals surface area contributed by atoms with Gasteiger partial charge in [0.15, 0.2) is 6.61 Å². The molecule has 0 amide bonds. The zero-order chi connectivity index (χ0) is 18.5. The van der Waals surface area contributed by atoms with Gasteiger partial charge in [-0.05, 0) is 36.4 Å². The molecule has 0 atom stereocenters. The average Bonchev–Trinajstić information content (AvgIpc) is 2.64. The lowest BCUT2D eigenvalue weighted by Crippen LogP contribution is -2.15. The van der Waals surface area contributed by atoms with Gasteiger partial charge in [0.2, 0.25) is 0 Å². The Morgan fingerprint density at radius 1 is 1.08 bits per heavy atom. The minimum atomic E-state index is -0.560. The number of hydrogen-bond acceptors (Lipinski definition) is 6. The first kappa shape index (κ1) is 17.8. The molecular formula is C19H15ClO6. The molecule has 0 aliphatic heterocycles. The third-order valence-corrected chi connectivity index (χ3v) is 3.85. The summed E-state index contributed by atoms with van der Waals surface area (Å²) in [4.78, 5) is 23.6. The smallest absolute Gasteiger partial charge is 0.344 e. The van der Waals surface area contributed by atoms with E-state index in [1.54, 1.807) is 42.5 Å². The maximum absolute atomic E-state index is 11.9. The number of carbonyl (C=O) groups excluding carboxylic acids is 1. The van der Waals surface area contributed by atoms with Crippen molar-refractivity contribution in [2.75, 3.05) is 13.7 Å². The van der Waals surface area contributed by atoms with Crippen LogP contribution in [0.1, 0.15) is 5.56 Å². The van der Waals surface area contributed by atoms with Gasteiger partial charge in [-0.25, -0.2) is 9.59 Å². The van der Waals surface area contributed by atoms with E-state index in [0.717, 1.165) is 0 Å². The molecule has 1 aromatic heterocycles. The van der Waals surface area contributed by atoms with E-state index in [1.165, 1.54) is 13.2 Å². The molecule has 0 aliphatic carbocycles. The van der Waals surface area contributed by atoms with Crippen LogP contribution < -0.4 is 15.1 Å². The first-order valence-electron chi connectivity index (χ1n) is 7.70. The average molecular weight is 375 g/mol. The molecule has 0 saturated heterocycles. The Morgan fingerprint density at radius 2 is 1.81 bits per heavy atom. The maximum Gasteiger partial charge on any atom is 0.344 e. The predicted molar refractivity (Wildman–Crippen MR) is 95.8 cm³/mol. The fourth-order valence-electron chi connectivity index (χ4n) is 2.33. The Bertz CT molecular complexity index is 977. The van der Waals surface area contributed by atoms with Crippen molar-refractivity contribution >= 4 is 28.5 Å². The number of esters is 1. The quantitative estimate of drug-likeness (QED) is 0.485. The van der Waals surface area contributed by atoms with Crippen LogP contribution in [0, 0.1) is 0 Å². The van der Waals surface area contributed by atoms with Crippen LogP contribution in [-0.2, 0) is 16.1 Å². The Morgan fingerprint density at radius 3 is 2.54 bits per heavy atom. The molecule has 6 nitrogen and oxygen atoms in total. The van der Waals surface area contributed by atoms with Crippen molar-refractivity contribution in [2.45, 2.75) is 6.61 Å². The van der Waals surface area contributed by atoms with Crippen LogP contribution in [0.3, 0.4) is 0 Å². The Kier molecular flexibility index (Phi) is 5.43. The van der Waals surface area contributed by atoms with Crippen LogP contribution in [0.5, 0.6) is 11.5 Å². The molecule has 0 unspecified atom stereocenters. The van der Waals surface area contributed by atoms with Gasteiger partial charge in [0.25, 0.3) is 0 Å². The molecule has 0 spiro atoms. The van der Waals surface area contributed by atoms with Gasteiger partial charge in [-0.3, -0.25) is 0 Å². The zero-order valence-corrected chi connectivity index (χ0v) is 14.6. The Labute approximate surface area is 153 Å². The van der Waals surface area contributed by atoms with Crippen LogP contribution in [-0.4, -0.2) is 19.7 Å². The summed E-state index contributed by atoms with van der Waals surface area (Å²) in [7, 11) is 1.52. The minimum absolute atomic E-state index is 0.0722. The van der Waals surface area contributed by atoms with Crippen LogP contribution in [0.2, 0.25) is 5.02 Å². The molecule has 0 bridgehead atoms. The van der Waals surface area contributed by atoms with Gasteiger partial charge in [-0.1, -0.05) is 11.6 Å². The summed E-state index contributed by atoms with van der Waals surface area (Å²) < 4.78 is 20.8. The summed E-state index contributed by atoms with van der Waals surface area (Å²) in [5.41, 5.74) is 0.369. The highest BCUT2D eigenvalue weighted by Gasteiger charge is 2.10. The zero-order valence-electron chi connectivity index (χ0n) is 13.9. The van der Waals surface area contributed by atoms with E-state index in [-0.39, 0.29) is 13.2 Å². The molecule has 7 heteroatoms. The maximum atomic E-state index is 11.9. The predicted octanol–water partition coefficient (Wildman–Crippen LogP) is 3.58. The lowest BCUT2D eigenvalue weighted by Gasteiger charge is -2.09.